The van der Waals surface area contributed by atoms with E-state index < -0.39 is 0 Å². The summed E-state index contributed by atoms with van der Waals surface area (Å²) in [6, 6.07) is 0. The quantitative estimate of drug-likeness (QED) is 0.346. The number of hydrogen-bond acceptors (Lipinski definition) is 2. The third kappa shape index (κ3) is 48.1. The first-order chi connectivity index (χ1) is 3.83. The fraction of sp³-hybridized carbons (Fsp3) is 0.500. The Hall–Kier alpha value is -0.460. The highest BCUT2D eigenvalue weighted by molar-refractivity contribution is 7.78. The van der Waals surface area contributed by atoms with E-state index in [2.05, 4.69) is 25.7 Å². The lowest BCUT2D eigenvalue weighted by atomic mass is 10.3. The summed E-state index contributed by atoms with van der Waals surface area (Å²) in [5, 5.41) is 7.36. The van der Waals surface area contributed by atoms with E-state index >= 15 is 0 Å². The molecule has 0 amide bonds. The number of allylic oxidation sites excluding steroid dienone is 1. The van der Waals surface area contributed by atoms with Crippen molar-refractivity contribution in [3.8, 4) is 0 Å². The smallest absolute Gasteiger partial charge is 0.0554 e. The first-order valence-corrected chi connectivity index (χ1v) is 2.89. The molecule has 0 spiro atoms. The van der Waals surface area contributed by atoms with Crippen LogP contribution in [-0.2, 0) is 0 Å². The van der Waals surface area contributed by atoms with Crippen molar-refractivity contribution in [3.63, 3.8) is 0 Å². The summed E-state index contributed by atoms with van der Waals surface area (Å²) in [4.78, 5) is 0. The Bertz CT molecular complexity index is 72.6. The second kappa shape index (κ2) is 16.0. The maximum atomic E-state index is 5.77. The van der Waals surface area contributed by atoms with E-state index in [1.165, 1.54) is 6.42 Å². The lowest BCUT2D eigenvalue weighted by molar-refractivity contribution is 0.961. The largest absolute Gasteiger partial charge is 0.248 e. The standard InChI is InChI=1S/C5H10.CHNS/c1-3-5-4-2;2-1-3/h3H,1,4-5H2,2H3;2H. The highest BCUT2D eigenvalue weighted by Gasteiger charge is 1.61. The summed E-state index contributed by atoms with van der Waals surface area (Å²) >= 11 is 3.81. The Morgan fingerprint density at radius 3 is 2.25 bits per heavy atom. The molecular weight excluding hydrogens is 118 g/mol. The van der Waals surface area contributed by atoms with Crippen molar-refractivity contribution >= 4 is 17.4 Å². The number of rotatable bonds is 2. The lowest BCUT2D eigenvalue weighted by Gasteiger charge is -1.72. The zero-order valence-corrected chi connectivity index (χ0v) is 5.92. The third-order valence-electron chi connectivity index (χ3n) is 0.493. The van der Waals surface area contributed by atoms with Crippen LogP contribution in [0.2, 0.25) is 0 Å². The minimum atomic E-state index is 1.15. The summed E-state index contributed by atoms with van der Waals surface area (Å²) < 4.78 is 0. The van der Waals surface area contributed by atoms with Crippen molar-refractivity contribution in [1.29, 1.82) is 5.41 Å². The van der Waals surface area contributed by atoms with Gasteiger partial charge in [0.15, 0.2) is 0 Å². The molecule has 0 unspecified atom stereocenters. The van der Waals surface area contributed by atoms with Gasteiger partial charge < -0.3 is 0 Å². The van der Waals surface area contributed by atoms with E-state index in [0.29, 0.717) is 0 Å². The van der Waals surface area contributed by atoms with E-state index in [-0.39, 0.29) is 0 Å². The van der Waals surface area contributed by atoms with Gasteiger partial charge in [-0.3, -0.25) is 0 Å². The van der Waals surface area contributed by atoms with Gasteiger partial charge in [0.2, 0.25) is 0 Å². The molecule has 0 radical (unpaired) electrons. The summed E-state index contributed by atoms with van der Waals surface area (Å²) in [6.45, 7) is 5.69. The normalized spacial score (nSPS) is 5.62. The van der Waals surface area contributed by atoms with Crippen LogP contribution in [0.5, 0.6) is 0 Å². The summed E-state index contributed by atoms with van der Waals surface area (Å²) in [6.07, 6.45) is 4.31. The molecule has 0 aliphatic carbocycles. The molecule has 0 bridgehead atoms. The number of unbranched alkanes of at least 4 members (excludes halogenated alkanes) is 1. The number of nitrogens with one attached hydrogen (secondary N) is 1. The average Bonchev–Trinajstić information content (AvgIpc) is 1.71. The van der Waals surface area contributed by atoms with Crippen LogP contribution in [-0.4, -0.2) is 5.16 Å². The van der Waals surface area contributed by atoms with Crippen LogP contribution in [0.3, 0.4) is 0 Å². The third-order valence-corrected chi connectivity index (χ3v) is 0.493. The van der Waals surface area contributed by atoms with E-state index in [1.54, 1.807) is 5.16 Å². The first kappa shape index (κ1) is 10.5. The molecule has 0 aromatic carbocycles. The molecular formula is C6H11NS. The van der Waals surface area contributed by atoms with Gasteiger partial charge in [-0.05, 0) is 18.6 Å². The fourth-order valence-electron chi connectivity index (χ4n) is 0.204. The Balaban J connectivity index is 0. The van der Waals surface area contributed by atoms with Crippen LogP contribution in [0, 0.1) is 5.41 Å². The van der Waals surface area contributed by atoms with Crippen LogP contribution in [0.25, 0.3) is 0 Å². The van der Waals surface area contributed by atoms with E-state index in [9.17, 15) is 0 Å². The van der Waals surface area contributed by atoms with E-state index in [4.69, 9.17) is 5.41 Å². The maximum absolute atomic E-state index is 5.77. The van der Waals surface area contributed by atoms with Crippen molar-refractivity contribution < 1.29 is 0 Å². The molecule has 1 nitrogen and oxygen atoms in total. The average molecular weight is 129 g/mol. The van der Waals surface area contributed by atoms with Gasteiger partial charge >= 0.3 is 0 Å². The lowest BCUT2D eigenvalue weighted by Crippen LogP contribution is -1.52. The Morgan fingerprint density at radius 1 is 1.88 bits per heavy atom. The maximum Gasteiger partial charge on any atom is 0.0554 e. The number of thiocarbonyl (C=S) groups is 1. The predicted octanol–water partition coefficient (Wildman–Crippen LogP) is 2.64. The van der Waals surface area contributed by atoms with Crippen molar-refractivity contribution in [2.45, 2.75) is 19.8 Å². The Kier molecular flexibility index (Phi) is 21.0. The molecule has 46 valence electrons. The molecule has 2 heteroatoms. The fourth-order valence-corrected chi connectivity index (χ4v) is 0.204. The topological polar surface area (TPSA) is 23.9 Å². The number of hydrogen-bond donors (Lipinski definition) is 1. The van der Waals surface area contributed by atoms with Gasteiger partial charge in [-0.15, -0.1) is 6.58 Å². The first-order valence-electron chi connectivity index (χ1n) is 2.48. The van der Waals surface area contributed by atoms with Gasteiger partial charge in [0, 0.05) is 0 Å². The molecule has 0 aliphatic rings. The van der Waals surface area contributed by atoms with Crippen LogP contribution in [0.4, 0.5) is 0 Å². The molecule has 0 atom stereocenters. The molecule has 0 rings (SSSR count). The van der Waals surface area contributed by atoms with Crippen molar-refractivity contribution in [2.75, 3.05) is 0 Å². The van der Waals surface area contributed by atoms with Crippen LogP contribution in [0.1, 0.15) is 19.8 Å². The van der Waals surface area contributed by atoms with Crippen LogP contribution < -0.4 is 0 Å². The molecule has 0 aromatic heterocycles. The van der Waals surface area contributed by atoms with Crippen molar-refractivity contribution in [3.05, 3.63) is 12.7 Å². The summed E-state index contributed by atoms with van der Waals surface area (Å²) in [5.41, 5.74) is 0. The molecule has 0 fully saturated rings. The number of isothiocyanates is 1. The second-order valence-electron chi connectivity index (χ2n) is 1.18. The summed E-state index contributed by atoms with van der Waals surface area (Å²) in [7, 11) is 0. The van der Waals surface area contributed by atoms with Gasteiger partial charge in [0.1, 0.15) is 0 Å². The molecule has 8 heavy (non-hydrogen) atoms. The van der Waals surface area contributed by atoms with Crippen molar-refractivity contribution in [1.82, 2.24) is 0 Å². The Morgan fingerprint density at radius 2 is 2.25 bits per heavy atom. The van der Waals surface area contributed by atoms with E-state index in [1.807, 2.05) is 6.08 Å². The molecule has 0 heterocycles. The van der Waals surface area contributed by atoms with Gasteiger partial charge in [-0.2, -0.15) is 0 Å². The SMILES string of the molecule is C=CCCC.N=C=S. The molecule has 0 aliphatic heterocycles. The van der Waals surface area contributed by atoms with E-state index in [0.717, 1.165) is 6.42 Å². The highest BCUT2D eigenvalue weighted by Crippen LogP contribution is 1.82. The molecule has 0 saturated carbocycles. The predicted molar refractivity (Wildman–Crippen MR) is 40.4 cm³/mol. The van der Waals surface area contributed by atoms with Crippen LogP contribution in [0.15, 0.2) is 12.7 Å². The zero-order chi connectivity index (χ0) is 6.83. The van der Waals surface area contributed by atoms with Gasteiger partial charge in [0.25, 0.3) is 0 Å². The highest BCUT2D eigenvalue weighted by atomic mass is 32.1. The Labute approximate surface area is 55.9 Å². The monoisotopic (exact) mass is 129 g/mol. The van der Waals surface area contributed by atoms with Crippen molar-refractivity contribution in [2.24, 2.45) is 0 Å². The second-order valence-corrected chi connectivity index (χ2v) is 1.38. The van der Waals surface area contributed by atoms with Gasteiger partial charge in [-0.1, -0.05) is 19.4 Å². The molecule has 0 saturated heterocycles. The zero-order valence-electron chi connectivity index (χ0n) is 5.11. The van der Waals surface area contributed by atoms with Crippen LogP contribution >= 0.6 is 12.2 Å². The summed E-state index contributed by atoms with van der Waals surface area (Å²) in [5.74, 6) is 0. The van der Waals surface area contributed by atoms with Gasteiger partial charge in [0.05, 0.1) is 5.16 Å². The minimum absolute atomic E-state index is 1.15. The van der Waals surface area contributed by atoms with Gasteiger partial charge in [-0.25, -0.2) is 5.41 Å². The molecule has 1 N–H and O–H groups in total. The minimum Gasteiger partial charge on any atom is -0.248 e. The molecule has 0 aromatic rings.